The number of rotatable bonds is 8. The summed E-state index contributed by atoms with van der Waals surface area (Å²) in [6, 6.07) is 32.1. The molecule has 1 N–H and O–H groups in total. The maximum absolute atomic E-state index is 13.4. The molecule has 3 atom stereocenters. The minimum absolute atomic E-state index is 0.143. The molecule has 0 aliphatic carbocycles. The molecule has 3 unspecified atom stereocenters. The van der Waals surface area contributed by atoms with Crippen LogP contribution < -0.4 is 17.8 Å². The van der Waals surface area contributed by atoms with Crippen molar-refractivity contribution < 1.29 is 27.2 Å². The number of phenolic OH excluding ortho intramolecular Hbond substituents is 1. The van der Waals surface area contributed by atoms with Gasteiger partial charge in [-0.2, -0.15) is 0 Å². The molecule has 2 aliphatic rings. The van der Waals surface area contributed by atoms with Gasteiger partial charge in [-0.05, 0) is 12.1 Å². The first-order valence-corrected chi connectivity index (χ1v) is 15.7. The third-order valence-corrected chi connectivity index (χ3v) is 10.7. The van der Waals surface area contributed by atoms with Crippen molar-refractivity contribution in [3.63, 3.8) is 0 Å². The second kappa shape index (κ2) is 10.5. The van der Waals surface area contributed by atoms with E-state index in [2.05, 4.69) is 48.5 Å². The minimum atomic E-state index is -4.01. The van der Waals surface area contributed by atoms with Crippen LogP contribution in [-0.4, -0.2) is 53.0 Å². The first-order valence-electron chi connectivity index (χ1n) is 12.5. The third-order valence-electron chi connectivity index (χ3n) is 6.96. The van der Waals surface area contributed by atoms with Gasteiger partial charge < -0.3 is 4.74 Å². The Morgan fingerprint density at radius 3 is 2.03 bits per heavy atom. The maximum atomic E-state index is 13.4. The molecule has 0 aromatic heterocycles. The molecule has 2 bridgehead atoms. The van der Waals surface area contributed by atoms with E-state index in [0.29, 0.717) is 12.2 Å². The fraction of sp³-hybridized carbons (Fsp3) is 0.161. The van der Waals surface area contributed by atoms with Crippen molar-refractivity contribution in [2.24, 2.45) is 0 Å². The van der Waals surface area contributed by atoms with Crippen LogP contribution in [0.15, 0.2) is 103 Å². The van der Waals surface area contributed by atoms with Crippen LogP contribution in [0.3, 0.4) is 0 Å². The van der Waals surface area contributed by atoms with Crippen LogP contribution >= 0.6 is 0 Å². The van der Waals surface area contributed by atoms with Gasteiger partial charge in [0.1, 0.15) is 5.75 Å². The zero-order valence-electron chi connectivity index (χ0n) is 21.1. The molecular weight excluding hydrogens is 579 g/mol. The number of aromatic hydroxyl groups is 1. The van der Waals surface area contributed by atoms with Gasteiger partial charge in [0.2, 0.25) is 0 Å². The van der Waals surface area contributed by atoms with E-state index in [-0.39, 0.29) is 32.6 Å². The Hall–Kier alpha value is -3.55. The summed E-state index contributed by atoms with van der Waals surface area (Å²) in [5, 5.41) is 9.02. The number of methoxy groups -OCH3 is 1. The van der Waals surface area contributed by atoms with Gasteiger partial charge in [-0.3, -0.25) is 0 Å². The van der Waals surface area contributed by atoms with Crippen LogP contribution in [0.5, 0.6) is 17.2 Å². The predicted molar refractivity (Wildman–Crippen MR) is 152 cm³/mol. The number of fused-ring (bicyclic) bond motifs is 2. The van der Waals surface area contributed by atoms with E-state index in [4.69, 9.17) is 13.7 Å². The Morgan fingerprint density at radius 2 is 1.36 bits per heavy atom. The molecule has 198 valence electrons. The van der Waals surface area contributed by atoms with E-state index in [1.54, 1.807) is 55.6 Å². The molecule has 6 nitrogen and oxygen atoms in total. The van der Waals surface area contributed by atoms with Crippen LogP contribution in [0, 0.1) is 0 Å². The van der Waals surface area contributed by atoms with Gasteiger partial charge in [0, 0.05) is 0 Å². The van der Waals surface area contributed by atoms with Crippen molar-refractivity contribution in [2.45, 2.75) is 23.9 Å². The van der Waals surface area contributed by atoms with Crippen LogP contribution in [0.25, 0.3) is 11.1 Å². The van der Waals surface area contributed by atoms with E-state index in [9.17, 15) is 13.5 Å². The van der Waals surface area contributed by atoms with Crippen molar-refractivity contribution in [3.05, 3.63) is 114 Å². The van der Waals surface area contributed by atoms with Gasteiger partial charge in [0.05, 0.1) is 7.11 Å². The molecule has 4 aromatic carbocycles. The van der Waals surface area contributed by atoms with Gasteiger partial charge in [-0.25, -0.2) is 0 Å². The minimum Gasteiger partial charge on any atom is -0.0162 e. The number of hydrogen-bond acceptors (Lipinski definition) is 6. The number of hydrogen-bond donors (Lipinski definition) is 1. The summed E-state index contributed by atoms with van der Waals surface area (Å²) in [6.07, 6.45) is -0.773. The normalized spacial score (nSPS) is 20.3. The molecule has 2 aliphatic heterocycles. The van der Waals surface area contributed by atoms with Crippen molar-refractivity contribution in [2.75, 3.05) is 7.11 Å². The quantitative estimate of drug-likeness (QED) is 0.242. The molecule has 8 heteroatoms. The van der Waals surface area contributed by atoms with Gasteiger partial charge in [0.15, 0.2) is 0 Å². The van der Waals surface area contributed by atoms with E-state index in [0.717, 1.165) is 22.3 Å². The second-order valence-corrected chi connectivity index (χ2v) is 13.5. The van der Waals surface area contributed by atoms with Gasteiger partial charge in [-0.15, -0.1) is 0 Å². The van der Waals surface area contributed by atoms with Crippen LogP contribution in [0.2, 0.25) is 0 Å². The second-order valence-electron chi connectivity index (χ2n) is 9.38. The molecule has 1 fully saturated rings. The van der Waals surface area contributed by atoms with Crippen molar-refractivity contribution in [3.8, 4) is 17.2 Å². The monoisotopic (exact) mass is 606 g/mol. The topological polar surface area (TPSA) is 82.1 Å². The van der Waals surface area contributed by atoms with Crippen LogP contribution in [-0.2, 0) is 14.9 Å². The van der Waals surface area contributed by atoms with E-state index < -0.39 is 21.5 Å². The third kappa shape index (κ3) is 5.21. The molecule has 2 heterocycles. The average Bonchev–Trinajstić information content (AvgIpc) is 3.55. The molecule has 4 aromatic rings. The fourth-order valence-corrected chi connectivity index (χ4v) is 8.32. The summed E-state index contributed by atoms with van der Waals surface area (Å²) in [4.78, 5) is 0. The number of phenols is 1. The molecule has 0 saturated carbocycles. The molecule has 0 radical (unpaired) electrons. The summed E-state index contributed by atoms with van der Waals surface area (Å²) in [5.41, 5.74) is 3.63. The summed E-state index contributed by atoms with van der Waals surface area (Å²) < 4.78 is 46.5. The molecule has 0 spiro atoms. The Balaban J connectivity index is 1.33. The zero-order valence-corrected chi connectivity index (χ0v) is 23.6. The van der Waals surface area contributed by atoms with Crippen LogP contribution in [0.1, 0.15) is 17.5 Å². The smallest absolute Gasteiger partial charge is 0.0162 e. The molecule has 1 saturated heterocycles. The summed E-state index contributed by atoms with van der Waals surface area (Å²) in [6.45, 7) is 0. The Kier molecular flexibility index (Phi) is 6.95. The number of ether oxygens (including phenoxy) is 2. The SMILES string of the molecule is COc1ccc(OS(=O)(=O)C2CC3OC2C(c2ccc(O)cc2)=C3c2ccc([Se]c3ccccc3)cc2)cc1. The molecule has 39 heavy (non-hydrogen) atoms. The van der Waals surface area contributed by atoms with Crippen LogP contribution in [0.4, 0.5) is 0 Å². The Labute approximate surface area is 234 Å². The summed E-state index contributed by atoms with van der Waals surface area (Å²) in [7, 11) is -2.46. The predicted octanol–water partition coefficient (Wildman–Crippen LogP) is 3.92. The first kappa shape index (κ1) is 25.7. The van der Waals surface area contributed by atoms with E-state index >= 15 is 0 Å². The Morgan fingerprint density at radius 1 is 0.769 bits per heavy atom. The molecule has 0 amide bonds. The average molecular weight is 606 g/mol. The first-order chi connectivity index (χ1) is 18.9. The molecular formula is C31H26O6SSe. The molecule has 6 rings (SSSR count). The van der Waals surface area contributed by atoms with Gasteiger partial charge in [-0.1, -0.05) is 0 Å². The Bertz CT molecular complexity index is 1600. The number of benzene rings is 4. The summed E-state index contributed by atoms with van der Waals surface area (Å²) >= 11 is 0.192. The fourth-order valence-electron chi connectivity index (χ4n) is 5.15. The van der Waals surface area contributed by atoms with Crippen molar-refractivity contribution in [1.29, 1.82) is 0 Å². The summed E-state index contributed by atoms with van der Waals surface area (Å²) in [5.74, 6) is 0.982. The zero-order chi connectivity index (χ0) is 27.0. The van der Waals surface area contributed by atoms with Crippen molar-refractivity contribution in [1.82, 2.24) is 0 Å². The standard InChI is InChI=1S/C31H26O6SSe/c1-35-23-13-15-24(16-14-23)37-38(33,34)28-19-27-29(30(31(28)36-27)21-7-11-22(32)12-8-21)20-9-17-26(18-10-20)39-25-5-3-2-4-6-25/h2-18,27-28,31-32H,19H2,1H3. The van der Waals surface area contributed by atoms with Gasteiger partial charge >= 0.3 is 205 Å². The van der Waals surface area contributed by atoms with E-state index in [1.165, 1.54) is 8.92 Å². The van der Waals surface area contributed by atoms with Crippen molar-refractivity contribution >= 4 is 45.1 Å². The van der Waals surface area contributed by atoms with Gasteiger partial charge in [0.25, 0.3) is 0 Å². The van der Waals surface area contributed by atoms with E-state index in [1.807, 2.05) is 6.07 Å².